The Balaban J connectivity index is 2.63. The highest BCUT2D eigenvalue weighted by atomic mass is 32.2. The van der Waals surface area contributed by atoms with Gasteiger partial charge in [-0.05, 0) is 37.1 Å². The van der Waals surface area contributed by atoms with Crippen LogP contribution in [0.15, 0.2) is 17.0 Å². The summed E-state index contributed by atoms with van der Waals surface area (Å²) in [5.41, 5.74) is 0.812. The van der Waals surface area contributed by atoms with Crippen LogP contribution in [0.25, 0.3) is 0 Å². The van der Waals surface area contributed by atoms with Crippen molar-refractivity contribution in [1.82, 2.24) is 0 Å². The van der Waals surface area contributed by atoms with Crippen LogP contribution in [0, 0.1) is 13.8 Å². The summed E-state index contributed by atoms with van der Waals surface area (Å²) in [5.74, 6) is 0.341. The molecule has 21 heavy (non-hydrogen) atoms. The Morgan fingerprint density at radius 2 is 1.67 bits per heavy atom. The lowest BCUT2D eigenvalue weighted by atomic mass is 10.1. The van der Waals surface area contributed by atoms with E-state index >= 15 is 0 Å². The van der Waals surface area contributed by atoms with Gasteiger partial charge in [0.15, 0.2) is 0 Å². The normalized spacial score (nSPS) is 12.5. The Labute approximate surface area is 120 Å². The van der Waals surface area contributed by atoms with E-state index in [1.54, 1.807) is 13.8 Å². The van der Waals surface area contributed by atoms with E-state index in [0.29, 0.717) is 16.9 Å². The minimum atomic E-state index is -4.37. The Kier molecular flexibility index (Phi) is 5.60. The number of alkyl halides is 3. The van der Waals surface area contributed by atoms with Crippen LogP contribution >= 0.6 is 0 Å². The van der Waals surface area contributed by atoms with Crippen molar-refractivity contribution in [3.05, 3.63) is 23.3 Å². The molecule has 9 heteroatoms. The predicted molar refractivity (Wildman–Crippen MR) is 69.7 cm³/mol. The number of sulfonamides is 1. The van der Waals surface area contributed by atoms with E-state index in [0.717, 1.165) is 0 Å². The van der Waals surface area contributed by atoms with Crippen LogP contribution in [0.3, 0.4) is 0 Å². The number of hydrogen-bond donors (Lipinski definition) is 1. The number of rotatable bonds is 6. The maximum Gasteiger partial charge on any atom is 0.411 e. The number of aryl methyl sites for hydroxylation is 2. The SMILES string of the molecule is Cc1cc(OCCOCC(F)(F)F)cc(C)c1S(N)(=O)=O. The van der Waals surface area contributed by atoms with Crippen LogP contribution in [0.4, 0.5) is 13.2 Å². The standard InChI is InChI=1S/C12H16F3NO4S/c1-8-5-10(6-9(2)11(8)21(16,17)18)20-4-3-19-7-12(13,14)15/h5-6H,3-4,7H2,1-2H3,(H2,16,17,18). The van der Waals surface area contributed by atoms with E-state index in [1.165, 1.54) is 12.1 Å². The third-order valence-corrected chi connectivity index (χ3v) is 3.69. The molecule has 0 radical (unpaired) electrons. The fourth-order valence-corrected chi connectivity index (χ4v) is 2.86. The molecule has 0 saturated carbocycles. The minimum absolute atomic E-state index is 0.0168. The highest BCUT2D eigenvalue weighted by Crippen LogP contribution is 2.24. The van der Waals surface area contributed by atoms with E-state index in [9.17, 15) is 21.6 Å². The third-order valence-electron chi connectivity index (χ3n) is 2.48. The zero-order valence-corrected chi connectivity index (χ0v) is 12.3. The number of hydrogen-bond acceptors (Lipinski definition) is 4. The van der Waals surface area contributed by atoms with Crippen molar-refractivity contribution in [2.24, 2.45) is 5.14 Å². The Morgan fingerprint density at radius 1 is 1.14 bits per heavy atom. The van der Waals surface area contributed by atoms with Gasteiger partial charge in [0.05, 0.1) is 11.5 Å². The van der Waals surface area contributed by atoms with Gasteiger partial charge in [0.2, 0.25) is 10.0 Å². The van der Waals surface area contributed by atoms with Crippen molar-refractivity contribution in [3.63, 3.8) is 0 Å². The molecule has 2 N–H and O–H groups in total. The number of benzene rings is 1. The molecule has 1 aromatic rings. The van der Waals surface area contributed by atoms with Gasteiger partial charge >= 0.3 is 6.18 Å². The maximum absolute atomic E-state index is 11.8. The molecule has 0 fully saturated rings. The van der Waals surface area contributed by atoms with Gasteiger partial charge in [0, 0.05) is 0 Å². The summed E-state index contributed by atoms with van der Waals surface area (Å²) >= 11 is 0. The second kappa shape index (κ2) is 6.63. The molecule has 0 aliphatic heterocycles. The molecule has 0 atom stereocenters. The molecule has 0 amide bonds. The van der Waals surface area contributed by atoms with Gasteiger partial charge in [-0.15, -0.1) is 0 Å². The summed E-state index contributed by atoms with van der Waals surface area (Å²) < 4.78 is 67.9. The van der Waals surface area contributed by atoms with Crippen molar-refractivity contribution in [1.29, 1.82) is 0 Å². The van der Waals surface area contributed by atoms with Crippen LogP contribution in [0.2, 0.25) is 0 Å². The molecule has 0 heterocycles. The minimum Gasteiger partial charge on any atom is -0.491 e. The second-order valence-electron chi connectivity index (χ2n) is 4.45. The highest BCUT2D eigenvalue weighted by molar-refractivity contribution is 7.89. The molecule has 1 rings (SSSR count). The molecule has 0 bridgehead atoms. The maximum atomic E-state index is 11.8. The second-order valence-corrected chi connectivity index (χ2v) is 5.95. The lowest BCUT2D eigenvalue weighted by molar-refractivity contribution is -0.175. The molecule has 0 aliphatic carbocycles. The van der Waals surface area contributed by atoms with Crippen molar-refractivity contribution < 1.29 is 31.1 Å². The quantitative estimate of drug-likeness (QED) is 0.810. The monoisotopic (exact) mass is 327 g/mol. The summed E-state index contributed by atoms with van der Waals surface area (Å²) in [6.07, 6.45) is -4.37. The first-order chi connectivity index (χ1) is 9.50. The van der Waals surface area contributed by atoms with Crippen LogP contribution in [-0.4, -0.2) is 34.4 Å². The van der Waals surface area contributed by atoms with Gasteiger partial charge in [0.1, 0.15) is 19.0 Å². The van der Waals surface area contributed by atoms with Gasteiger partial charge in [-0.1, -0.05) is 0 Å². The summed E-state index contributed by atoms with van der Waals surface area (Å²) in [5, 5.41) is 5.09. The Bertz CT molecular complexity index is 576. The first-order valence-corrected chi connectivity index (χ1v) is 7.46. The Morgan fingerprint density at radius 3 is 2.10 bits per heavy atom. The molecule has 0 spiro atoms. The van der Waals surface area contributed by atoms with Crippen LogP contribution in [-0.2, 0) is 14.8 Å². The average molecular weight is 327 g/mol. The summed E-state index contributed by atoms with van der Waals surface area (Å²) in [6, 6.07) is 2.91. The fourth-order valence-electron chi connectivity index (χ4n) is 1.85. The molecule has 5 nitrogen and oxygen atoms in total. The van der Waals surface area contributed by atoms with Crippen molar-refractivity contribution in [2.75, 3.05) is 19.8 Å². The zero-order chi connectivity index (χ0) is 16.3. The Hall–Kier alpha value is -1.32. The number of primary sulfonamides is 1. The predicted octanol–water partition coefficient (Wildman–Crippen LogP) is 1.91. The molecular weight excluding hydrogens is 311 g/mol. The first kappa shape index (κ1) is 17.7. The fraction of sp³-hybridized carbons (Fsp3) is 0.500. The lowest BCUT2D eigenvalue weighted by Crippen LogP contribution is -2.19. The van der Waals surface area contributed by atoms with Crippen molar-refractivity contribution in [2.45, 2.75) is 24.9 Å². The third kappa shape index (κ3) is 5.90. The van der Waals surface area contributed by atoms with Gasteiger partial charge in [0.25, 0.3) is 0 Å². The smallest absolute Gasteiger partial charge is 0.411 e. The molecular formula is C12H16F3NO4S. The number of ether oxygens (including phenoxy) is 2. The number of halogens is 3. The van der Waals surface area contributed by atoms with Gasteiger partial charge in [-0.3, -0.25) is 0 Å². The summed E-state index contributed by atoms with van der Waals surface area (Å²) in [4.78, 5) is 0.0168. The first-order valence-electron chi connectivity index (χ1n) is 5.92. The molecule has 1 aromatic carbocycles. The van der Waals surface area contributed by atoms with E-state index in [1.807, 2.05) is 0 Å². The molecule has 120 valence electrons. The largest absolute Gasteiger partial charge is 0.491 e. The van der Waals surface area contributed by atoms with Gasteiger partial charge in [-0.25, -0.2) is 13.6 Å². The van der Waals surface area contributed by atoms with E-state index in [2.05, 4.69) is 4.74 Å². The van der Waals surface area contributed by atoms with Crippen LogP contribution in [0.5, 0.6) is 5.75 Å². The van der Waals surface area contributed by atoms with Crippen molar-refractivity contribution in [3.8, 4) is 5.75 Å². The van der Waals surface area contributed by atoms with E-state index < -0.39 is 22.8 Å². The topological polar surface area (TPSA) is 78.6 Å². The van der Waals surface area contributed by atoms with Gasteiger partial charge in [-0.2, -0.15) is 13.2 Å². The van der Waals surface area contributed by atoms with E-state index in [-0.39, 0.29) is 18.1 Å². The lowest BCUT2D eigenvalue weighted by Gasteiger charge is -2.12. The van der Waals surface area contributed by atoms with E-state index in [4.69, 9.17) is 9.88 Å². The zero-order valence-electron chi connectivity index (χ0n) is 11.5. The summed E-state index contributed by atoms with van der Waals surface area (Å²) in [7, 11) is -3.83. The highest BCUT2D eigenvalue weighted by Gasteiger charge is 2.27. The number of nitrogens with two attached hydrogens (primary N) is 1. The van der Waals surface area contributed by atoms with Gasteiger partial charge < -0.3 is 9.47 Å². The average Bonchev–Trinajstić information content (AvgIpc) is 2.23. The molecule has 0 aliphatic rings. The molecule has 0 unspecified atom stereocenters. The van der Waals surface area contributed by atoms with Crippen LogP contribution in [0.1, 0.15) is 11.1 Å². The molecule has 0 saturated heterocycles. The molecule has 0 aromatic heterocycles. The van der Waals surface area contributed by atoms with Crippen LogP contribution < -0.4 is 9.88 Å². The van der Waals surface area contributed by atoms with Crippen molar-refractivity contribution >= 4 is 10.0 Å². The summed E-state index contributed by atoms with van der Waals surface area (Å²) in [6.45, 7) is 1.47.